The molecule has 2 unspecified atom stereocenters. The normalized spacial score (nSPS) is 34.8. The fraction of sp³-hybridized carbons (Fsp3) is 0.765. The molecular weight excluding hydrogens is 292 g/mol. The Morgan fingerprint density at radius 2 is 2.22 bits per heavy atom. The molecule has 4 heterocycles. The van der Waals surface area contributed by atoms with Gasteiger partial charge in [-0.3, -0.25) is 14.4 Å². The van der Waals surface area contributed by atoms with Gasteiger partial charge in [0.1, 0.15) is 6.10 Å². The van der Waals surface area contributed by atoms with E-state index >= 15 is 0 Å². The summed E-state index contributed by atoms with van der Waals surface area (Å²) in [5.41, 5.74) is 1.01. The summed E-state index contributed by atoms with van der Waals surface area (Å²) in [4.78, 5) is 17.9. The second-order valence-electron chi connectivity index (χ2n) is 7.20. The van der Waals surface area contributed by atoms with Crippen LogP contribution < -0.4 is 0 Å². The molecule has 3 saturated heterocycles. The SMILES string of the molecule is CC1CN2CCCC2CN1C(=O)[C@@H]1CCO[C@H]1c1ccnn1C. The van der Waals surface area contributed by atoms with E-state index in [-0.39, 0.29) is 17.9 Å². The van der Waals surface area contributed by atoms with E-state index in [0.29, 0.717) is 18.7 Å². The molecule has 23 heavy (non-hydrogen) atoms. The molecule has 0 N–H and O–H groups in total. The number of ether oxygens (including phenoxy) is 1. The van der Waals surface area contributed by atoms with Crippen molar-refractivity contribution in [2.45, 2.75) is 44.4 Å². The van der Waals surface area contributed by atoms with E-state index in [1.807, 2.05) is 17.8 Å². The van der Waals surface area contributed by atoms with Crippen LogP contribution in [0.25, 0.3) is 0 Å². The van der Waals surface area contributed by atoms with Gasteiger partial charge in [-0.1, -0.05) is 0 Å². The number of amides is 1. The number of fused-ring (bicyclic) bond motifs is 1. The number of carbonyl (C=O) groups is 1. The standard InChI is InChI=1S/C17H26N4O2/c1-12-10-20-8-3-4-13(20)11-21(12)17(22)14-6-9-23-16(14)15-5-7-18-19(15)2/h5,7,12-14,16H,3-4,6,8-11H2,1-2H3/t12?,13?,14-,16-/m1/s1. The molecule has 0 saturated carbocycles. The van der Waals surface area contributed by atoms with Gasteiger partial charge in [0, 0.05) is 45.0 Å². The smallest absolute Gasteiger partial charge is 0.229 e. The van der Waals surface area contributed by atoms with Crippen LogP contribution in [-0.2, 0) is 16.6 Å². The maximum Gasteiger partial charge on any atom is 0.229 e. The van der Waals surface area contributed by atoms with Crippen molar-refractivity contribution in [2.24, 2.45) is 13.0 Å². The maximum absolute atomic E-state index is 13.2. The highest BCUT2D eigenvalue weighted by atomic mass is 16.5. The second kappa shape index (κ2) is 5.91. The van der Waals surface area contributed by atoms with Gasteiger partial charge in [-0.05, 0) is 38.8 Å². The van der Waals surface area contributed by atoms with E-state index in [1.54, 1.807) is 6.20 Å². The Labute approximate surface area is 137 Å². The maximum atomic E-state index is 13.2. The van der Waals surface area contributed by atoms with Gasteiger partial charge in [-0.25, -0.2) is 0 Å². The van der Waals surface area contributed by atoms with Gasteiger partial charge in [0.25, 0.3) is 0 Å². The lowest BCUT2D eigenvalue weighted by molar-refractivity contribution is -0.143. The molecule has 0 aliphatic carbocycles. The highest BCUT2D eigenvalue weighted by molar-refractivity contribution is 5.80. The van der Waals surface area contributed by atoms with E-state index in [4.69, 9.17) is 4.74 Å². The number of aryl methyl sites for hydroxylation is 1. The van der Waals surface area contributed by atoms with Gasteiger partial charge < -0.3 is 9.64 Å². The summed E-state index contributed by atoms with van der Waals surface area (Å²) in [7, 11) is 1.92. The summed E-state index contributed by atoms with van der Waals surface area (Å²) in [6, 6.07) is 2.83. The third kappa shape index (κ3) is 2.58. The Morgan fingerprint density at radius 1 is 1.35 bits per heavy atom. The van der Waals surface area contributed by atoms with Gasteiger partial charge in [-0.15, -0.1) is 0 Å². The van der Waals surface area contributed by atoms with E-state index in [9.17, 15) is 4.79 Å². The summed E-state index contributed by atoms with van der Waals surface area (Å²) >= 11 is 0. The number of rotatable bonds is 2. The minimum atomic E-state index is -0.149. The molecule has 4 rings (SSSR count). The first kappa shape index (κ1) is 15.1. The summed E-state index contributed by atoms with van der Waals surface area (Å²) in [5.74, 6) is 0.202. The van der Waals surface area contributed by atoms with Crippen LogP contribution in [0.5, 0.6) is 0 Å². The summed E-state index contributed by atoms with van der Waals surface area (Å²) < 4.78 is 7.73. The first-order chi connectivity index (χ1) is 11.1. The Hall–Kier alpha value is -1.40. The van der Waals surface area contributed by atoms with Crippen molar-refractivity contribution >= 4 is 5.91 Å². The molecule has 0 radical (unpaired) electrons. The molecular formula is C17H26N4O2. The zero-order valence-corrected chi connectivity index (χ0v) is 14.0. The van der Waals surface area contributed by atoms with Crippen LogP contribution in [-0.4, -0.2) is 63.8 Å². The second-order valence-corrected chi connectivity index (χ2v) is 7.20. The molecule has 3 aliphatic heterocycles. The first-order valence-corrected chi connectivity index (χ1v) is 8.79. The monoisotopic (exact) mass is 318 g/mol. The molecule has 126 valence electrons. The average molecular weight is 318 g/mol. The van der Waals surface area contributed by atoms with E-state index in [1.165, 1.54) is 19.4 Å². The number of nitrogens with zero attached hydrogens (tertiary/aromatic N) is 4. The molecule has 0 spiro atoms. The van der Waals surface area contributed by atoms with Crippen LogP contribution >= 0.6 is 0 Å². The number of hydrogen-bond acceptors (Lipinski definition) is 4. The Morgan fingerprint density at radius 3 is 3.00 bits per heavy atom. The third-order valence-electron chi connectivity index (χ3n) is 5.78. The third-order valence-corrected chi connectivity index (χ3v) is 5.78. The molecule has 6 nitrogen and oxygen atoms in total. The van der Waals surface area contributed by atoms with Crippen molar-refractivity contribution in [3.63, 3.8) is 0 Å². The number of piperazine rings is 1. The lowest BCUT2D eigenvalue weighted by Crippen LogP contribution is -2.58. The van der Waals surface area contributed by atoms with Crippen molar-refractivity contribution in [3.8, 4) is 0 Å². The molecule has 1 aromatic rings. The predicted octanol–water partition coefficient (Wildman–Crippen LogP) is 1.19. The van der Waals surface area contributed by atoms with Crippen LogP contribution in [0.4, 0.5) is 0 Å². The van der Waals surface area contributed by atoms with Crippen molar-refractivity contribution < 1.29 is 9.53 Å². The number of carbonyl (C=O) groups excluding carboxylic acids is 1. The fourth-order valence-corrected chi connectivity index (χ4v) is 4.50. The first-order valence-electron chi connectivity index (χ1n) is 8.79. The van der Waals surface area contributed by atoms with Gasteiger partial charge in [0.2, 0.25) is 5.91 Å². The van der Waals surface area contributed by atoms with Crippen LogP contribution in [0, 0.1) is 5.92 Å². The van der Waals surface area contributed by atoms with Gasteiger partial charge in [-0.2, -0.15) is 5.10 Å². The molecule has 1 aromatic heterocycles. The fourth-order valence-electron chi connectivity index (χ4n) is 4.50. The van der Waals surface area contributed by atoms with E-state index in [2.05, 4.69) is 21.8 Å². The van der Waals surface area contributed by atoms with Crippen LogP contribution in [0.15, 0.2) is 12.3 Å². The summed E-state index contributed by atoms with van der Waals surface area (Å²) in [6.45, 7) is 5.93. The Kier molecular flexibility index (Phi) is 3.89. The van der Waals surface area contributed by atoms with E-state index < -0.39 is 0 Å². The largest absolute Gasteiger partial charge is 0.371 e. The van der Waals surface area contributed by atoms with Crippen molar-refractivity contribution in [2.75, 3.05) is 26.2 Å². The quantitative estimate of drug-likeness (QED) is 0.822. The van der Waals surface area contributed by atoms with Gasteiger partial charge >= 0.3 is 0 Å². The van der Waals surface area contributed by atoms with Crippen molar-refractivity contribution in [3.05, 3.63) is 18.0 Å². The topological polar surface area (TPSA) is 50.6 Å². The molecule has 1 amide bonds. The summed E-state index contributed by atoms with van der Waals surface area (Å²) in [6.07, 6.45) is 4.93. The molecule has 3 fully saturated rings. The van der Waals surface area contributed by atoms with Crippen molar-refractivity contribution in [1.82, 2.24) is 19.6 Å². The molecule has 0 bridgehead atoms. The van der Waals surface area contributed by atoms with Gasteiger partial charge in [0.05, 0.1) is 11.6 Å². The molecule has 0 aromatic carbocycles. The van der Waals surface area contributed by atoms with Crippen LogP contribution in [0.2, 0.25) is 0 Å². The van der Waals surface area contributed by atoms with Crippen LogP contribution in [0.3, 0.4) is 0 Å². The van der Waals surface area contributed by atoms with Gasteiger partial charge in [0.15, 0.2) is 0 Å². The zero-order chi connectivity index (χ0) is 16.0. The highest BCUT2D eigenvalue weighted by Crippen LogP contribution is 2.37. The Bertz CT molecular complexity index is 587. The predicted molar refractivity (Wildman–Crippen MR) is 85.8 cm³/mol. The number of aromatic nitrogens is 2. The average Bonchev–Trinajstić information content (AvgIpc) is 3.24. The van der Waals surface area contributed by atoms with Crippen molar-refractivity contribution in [1.29, 1.82) is 0 Å². The molecule has 3 aliphatic rings. The number of hydrogen-bond donors (Lipinski definition) is 0. The molecule has 6 heteroatoms. The minimum Gasteiger partial charge on any atom is -0.371 e. The minimum absolute atomic E-state index is 0.0687. The van der Waals surface area contributed by atoms with Crippen LogP contribution in [0.1, 0.15) is 38.0 Å². The Balaban J connectivity index is 1.52. The zero-order valence-electron chi connectivity index (χ0n) is 14.0. The summed E-state index contributed by atoms with van der Waals surface area (Å²) in [5, 5.41) is 4.23. The lowest BCUT2D eigenvalue weighted by Gasteiger charge is -2.43. The molecule has 4 atom stereocenters. The van der Waals surface area contributed by atoms with E-state index in [0.717, 1.165) is 25.2 Å². The highest BCUT2D eigenvalue weighted by Gasteiger charge is 2.43. The lowest BCUT2D eigenvalue weighted by atomic mass is 9.95.